The van der Waals surface area contributed by atoms with Crippen molar-refractivity contribution in [1.29, 1.82) is 0 Å². The first-order chi connectivity index (χ1) is 12.7. The van der Waals surface area contributed by atoms with Crippen LogP contribution < -0.4 is 14.3 Å². The largest absolute Gasteiger partial charge is 0.454 e. The van der Waals surface area contributed by atoms with Crippen molar-refractivity contribution < 1.29 is 9.47 Å². The average Bonchev–Trinajstić information content (AvgIpc) is 3.26. The van der Waals surface area contributed by atoms with E-state index in [9.17, 15) is 0 Å². The van der Waals surface area contributed by atoms with E-state index in [1.165, 1.54) is 0 Å². The fraction of sp³-hybridized carbons (Fsp3) is 0.158. The highest BCUT2D eigenvalue weighted by Gasteiger charge is 2.13. The number of ether oxygens (including phenoxy) is 2. The van der Waals surface area contributed by atoms with E-state index >= 15 is 0 Å². The Morgan fingerprint density at radius 3 is 2.92 bits per heavy atom. The molecule has 0 bridgehead atoms. The minimum Gasteiger partial charge on any atom is -0.454 e. The van der Waals surface area contributed by atoms with Crippen molar-refractivity contribution in [2.45, 2.75) is 6.92 Å². The maximum Gasteiger partial charge on any atom is 0.231 e. The summed E-state index contributed by atoms with van der Waals surface area (Å²) in [5.41, 5.74) is 2.86. The molecule has 1 aliphatic heterocycles. The number of aromatic nitrogens is 1. The lowest BCUT2D eigenvalue weighted by atomic mass is 10.2. The molecule has 3 aromatic rings. The molecule has 26 heavy (non-hydrogen) atoms. The Balaban J connectivity index is 1.75. The first-order valence-corrected chi connectivity index (χ1v) is 9.41. The summed E-state index contributed by atoms with van der Waals surface area (Å²) in [5, 5.41) is 7.38. The van der Waals surface area contributed by atoms with Gasteiger partial charge in [0, 0.05) is 22.5 Å². The molecule has 0 atom stereocenters. The van der Waals surface area contributed by atoms with Gasteiger partial charge in [-0.25, -0.2) is 4.68 Å². The molecule has 2 heterocycles. The van der Waals surface area contributed by atoms with E-state index in [1.54, 1.807) is 17.6 Å². The predicted octanol–water partition coefficient (Wildman–Crippen LogP) is 4.40. The predicted molar refractivity (Wildman–Crippen MR) is 104 cm³/mol. The normalized spacial score (nSPS) is 13.7. The maximum absolute atomic E-state index is 6.15. The van der Waals surface area contributed by atoms with Gasteiger partial charge in [0.25, 0.3) is 0 Å². The molecule has 7 heteroatoms. The zero-order chi connectivity index (χ0) is 17.9. The molecular weight excluding hydrogens is 370 g/mol. The van der Waals surface area contributed by atoms with Crippen LogP contribution in [0.5, 0.6) is 11.5 Å². The number of rotatable bonds is 4. The molecule has 2 aromatic carbocycles. The second kappa shape index (κ2) is 7.35. The van der Waals surface area contributed by atoms with Crippen molar-refractivity contribution in [3.8, 4) is 22.8 Å². The third-order valence-corrected chi connectivity index (χ3v) is 4.91. The highest BCUT2D eigenvalue weighted by atomic mass is 35.5. The van der Waals surface area contributed by atoms with Crippen LogP contribution in [0.2, 0.25) is 5.02 Å². The van der Waals surface area contributed by atoms with Crippen LogP contribution in [0, 0.1) is 0 Å². The summed E-state index contributed by atoms with van der Waals surface area (Å²) in [6.07, 6.45) is 1.79. The summed E-state index contributed by atoms with van der Waals surface area (Å²) in [7, 11) is 0. The van der Waals surface area contributed by atoms with Gasteiger partial charge < -0.3 is 9.47 Å². The Kier molecular flexibility index (Phi) is 4.77. The third-order valence-electron chi connectivity index (χ3n) is 3.82. The topological polar surface area (TPSA) is 48.1 Å². The molecule has 0 fully saturated rings. The molecule has 0 radical (unpaired) electrons. The van der Waals surface area contributed by atoms with Gasteiger partial charge >= 0.3 is 0 Å². The second-order valence-electron chi connectivity index (χ2n) is 5.56. The van der Waals surface area contributed by atoms with Crippen LogP contribution in [0.3, 0.4) is 0 Å². The summed E-state index contributed by atoms with van der Waals surface area (Å²) in [5.74, 6) is 1.49. The number of hydrogen-bond donors (Lipinski definition) is 0. The van der Waals surface area contributed by atoms with Gasteiger partial charge in [0.2, 0.25) is 11.6 Å². The minimum absolute atomic E-state index is 0.258. The lowest BCUT2D eigenvalue weighted by Crippen LogP contribution is -2.12. The number of thiazole rings is 1. The van der Waals surface area contributed by atoms with Crippen LogP contribution >= 0.6 is 22.9 Å². The quantitative estimate of drug-likeness (QED) is 0.625. The van der Waals surface area contributed by atoms with E-state index in [0.717, 1.165) is 33.1 Å². The number of nitrogens with zero attached hydrogens (tertiary/aromatic N) is 3. The number of halogens is 1. The monoisotopic (exact) mass is 385 g/mol. The highest BCUT2D eigenvalue weighted by molar-refractivity contribution is 7.07. The van der Waals surface area contributed by atoms with Crippen LogP contribution in [0.1, 0.15) is 12.5 Å². The first kappa shape index (κ1) is 16.9. The van der Waals surface area contributed by atoms with E-state index in [0.29, 0.717) is 11.6 Å². The fourth-order valence-electron chi connectivity index (χ4n) is 2.62. The van der Waals surface area contributed by atoms with Crippen molar-refractivity contribution in [3.05, 3.63) is 63.2 Å². The van der Waals surface area contributed by atoms with Crippen molar-refractivity contribution in [3.63, 3.8) is 0 Å². The molecule has 0 aliphatic carbocycles. The van der Waals surface area contributed by atoms with Crippen LogP contribution in [0.15, 0.2) is 57.9 Å². The molecule has 0 unspecified atom stereocenters. The molecule has 0 spiro atoms. The summed E-state index contributed by atoms with van der Waals surface area (Å²) in [4.78, 5) is 5.37. The van der Waals surface area contributed by atoms with Gasteiger partial charge in [-0.15, -0.1) is 11.3 Å². The Labute approximate surface area is 159 Å². The van der Waals surface area contributed by atoms with Crippen LogP contribution in [-0.4, -0.2) is 24.2 Å². The SMILES string of the molecule is CCN=c1scc(-c2cccc(Cl)c2)n1N=Cc1ccc2c(c1)OCO2. The van der Waals surface area contributed by atoms with Crippen molar-refractivity contribution >= 4 is 29.2 Å². The Bertz CT molecular complexity index is 1040. The zero-order valence-electron chi connectivity index (χ0n) is 14.1. The number of hydrogen-bond acceptors (Lipinski definition) is 5. The smallest absolute Gasteiger partial charge is 0.231 e. The molecule has 0 N–H and O–H groups in total. The summed E-state index contributed by atoms with van der Waals surface area (Å²) < 4.78 is 12.6. The maximum atomic E-state index is 6.15. The Morgan fingerprint density at radius 2 is 2.08 bits per heavy atom. The molecule has 5 nitrogen and oxygen atoms in total. The average molecular weight is 386 g/mol. The standard InChI is InChI=1S/C19H16ClN3O2S/c1-2-21-19-23(16(11-26-19)14-4-3-5-15(20)9-14)22-10-13-6-7-17-18(8-13)25-12-24-17/h3-11H,2,12H2,1H3. The van der Waals surface area contributed by atoms with Crippen LogP contribution in [0.25, 0.3) is 11.3 Å². The fourth-order valence-corrected chi connectivity index (χ4v) is 3.71. The van der Waals surface area contributed by atoms with E-state index in [2.05, 4.69) is 10.1 Å². The van der Waals surface area contributed by atoms with Crippen LogP contribution in [-0.2, 0) is 0 Å². The number of fused-ring (bicyclic) bond motifs is 1. The molecule has 0 saturated carbocycles. The molecule has 0 saturated heterocycles. The molecule has 1 aromatic heterocycles. The van der Waals surface area contributed by atoms with Crippen molar-refractivity contribution in [2.75, 3.05) is 13.3 Å². The summed E-state index contributed by atoms with van der Waals surface area (Å²) in [6.45, 7) is 2.95. The van der Waals surface area contributed by atoms with Gasteiger partial charge in [-0.2, -0.15) is 5.10 Å². The highest BCUT2D eigenvalue weighted by Crippen LogP contribution is 2.32. The molecule has 4 rings (SSSR count). The lowest BCUT2D eigenvalue weighted by molar-refractivity contribution is 0.174. The van der Waals surface area contributed by atoms with E-state index in [4.69, 9.17) is 21.1 Å². The van der Waals surface area contributed by atoms with E-state index in [1.807, 2.05) is 59.4 Å². The first-order valence-electron chi connectivity index (χ1n) is 8.15. The van der Waals surface area contributed by atoms with Crippen molar-refractivity contribution in [2.24, 2.45) is 10.1 Å². The Morgan fingerprint density at radius 1 is 1.19 bits per heavy atom. The summed E-state index contributed by atoms with van der Waals surface area (Å²) >= 11 is 7.70. The summed E-state index contributed by atoms with van der Waals surface area (Å²) in [6, 6.07) is 13.5. The van der Waals surface area contributed by atoms with E-state index in [-0.39, 0.29) is 6.79 Å². The van der Waals surface area contributed by atoms with Gasteiger partial charge in [-0.3, -0.25) is 4.99 Å². The van der Waals surface area contributed by atoms with Gasteiger partial charge in [-0.05, 0) is 42.8 Å². The third kappa shape index (κ3) is 3.38. The molecule has 132 valence electrons. The van der Waals surface area contributed by atoms with Gasteiger partial charge in [0.1, 0.15) is 0 Å². The Hall–Kier alpha value is -2.57. The van der Waals surface area contributed by atoms with Gasteiger partial charge in [0.15, 0.2) is 11.5 Å². The van der Waals surface area contributed by atoms with Crippen LogP contribution in [0.4, 0.5) is 0 Å². The lowest BCUT2D eigenvalue weighted by Gasteiger charge is -2.04. The second-order valence-corrected chi connectivity index (χ2v) is 6.83. The molecular formula is C19H16ClN3O2S. The molecule has 1 aliphatic rings. The molecule has 0 amide bonds. The van der Waals surface area contributed by atoms with E-state index < -0.39 is 0 Å². The number of benzene rings is 2. The zero-order valence-corrected chi connectivity index (χ0v) is 15.6. The minimum atomic E-state index is 0.258. The van der Waals surface area contributed by atoms with Gasteiger partial charge in [-0.1, -0.05) is 23.7 Å². The van der Waals surface area contributed by atoms with Crippen molar-refractivity contribution in [1.82, 2.24) is 4.68 Å². The van der Waals surface area contributed by atoms with Gasteiger partial charge in [0.05, 0.1) is 11.9 Å².